The molecule has 11 aromatic rings. The third-order valence-electron chi connectivity index (χ3n) is 13.9. The van der Waals surface area contributed by atoms with E-state index in [0.717, 1.165) is 32.7 Å². The Morgan fingerprint density at radius 1 is 0.354 bits per heavy atom. The molecule has 1 aromatic heterocycles. The van der Waals surface area contributed by atoms with Crippen LogP contribution in [0.3, 0.4) is 0 Å². The van der Waals surface area contributed by atoms with E-state index in [-0.39, 0.29) is 0 Å². The second-order valence-corrected chi connectivity index (χ2v) is 23.6. The van der Waals surface area contributed by atoms with Crippen LogP contribution in [0.1, 0.15) is 22.3 Å². The third-order valence-corrected chi connectivity index (χ3v) is 21.9. The zero-order chi connectivity index (χ0) is 43.4. The Morgan fingerprint density at radius 3 is 1.32 bits per heavy atom. The summed E-state index contributed by atoms with van der Waals surface area (Å²) in [6.07, 6.45) is 0. The van der Waals surface area contributed by atoms with E-state index in [4.69, 9.17) is 0 Å². The summed E-state index contributed by atoms with van der Waals surface area (Å²) in [6, 6.07) is 96.5. The van der Waals surface area contributed by atoms with E-state index in [2.05, 4.69) is 211 Å². The maximum absolute atomic E-state index is 15.8. The number of rotatable bonds is 8. The summed E-state index contributed by atoms with van der Waals surface area (Å²) >= 11 is 0. The molecule has 0 amide bonds. The van der Waals surface area contributed by atoms with Crippen molar-refractivity contribution in [3.8, 4) is 5.69 Å². The number of benzene rings is 10. The molecule has 0 aliphatic carbocycles. The van der Waals surface area contributed by atoms with Gasteiger partial charge in [-0.1, -0.05) is 237 Å². The first-order valence-electron chi connectivity index (χ1n) is 22.4. The normalized spacial score (nSPS) is 13.8. The molecular weight excluding hydrogens is 822 g/mol. The van der Waals surface area contributed by atoms with Gasteiger partial charge in [-0.3, -0.25) is 0 Å². The van der Waals surface area contributed by atoms with Gasteiger partial charge in [0.25, 0.3) is 0 Å². The van der Waals surface area contributed by atoms with Crippen molar-refractivity contribution in [2.75, 3.05) is 0 Å². The maximum Gasteiger partial charge on any atom is 0.180 e. The van der Waals surface area contributed by atoms with E-state index in [1.165, 1.54) is 53.7 Å². The van der Waals surface area contributed by atoms with Crippen molar-refractivity contribution in [1.29, 1.82) is 0 Å². The van der Waals surface area contributed by atoms with Crippen LogP contribution in [0.25, 0.3) is 27.5 Å². The van der Waals surface area contributed by atoms with E-state index in [9.17, 15) is 0 Å². The SMILES string of the molecule is O=P(c1ccccc1)(c1ccccc1)c1ccc(C2(c3ccc4c(c3)c3ccccc3n4-c3ccccc3)c3ccccc3[Si](c3ccccc3)(c3ccccc3)c3ccccc32)cc1. The zero-order valence-corrected chi connectivity index (χ0v) is 37.6. The number of hydrogen-bond donors (Lipinski definition) is 0. The summed E-state index contributed by atoms with van der Waals surface area (Å²) < 4.78 is 18.2. The van der Waals surface area contributed by atoms with Gasteiger partial charge >= 0.3 is 0 Å². The standard InChI is InChI=1S/C61H44NOPSi/c63-64(48-24-8-2-9-25-48,49-26-10-3-11-27-49)50-41-38-45(39-42-50)61(46-40-43-58-54(44-46)53-32-16-19-35-57(53)62(58)47-22-6-1-7-23-47)55-33-17-20-36-59(55)65(51-28-12-4-13-29-51,52-30-14-5-15-31-52)60-37-21-18-34-56(60)61/h1-44H. The van der Waals surface area contributed by atoms with Crippen LogP contribution < -0.4 is 36.7 Å². The second-order valence-electron chi connectivity index (χ2n) is 17.1. The highest BCUT2D eigenvalue weighted by atomic mass is 31.2. The highest BCUT2D eigenvalue weighted by Crippen LogP contribution is 2.50. The number of para-hydroxylation sites is 2. The Balaban J connectivity index is 1.20. The third kappa shape index (κ3) is 5.76. The lowest BCUT2D eigenvalue weighted by Crippen LogP contribution is -2.79. The van der Waals surface area contributed by atoms with Gasteiger partial charge in [-0.15, -0.1) is 0 Å². The van der Waals surface area contributed by atoms with E-state index in [1.54, 1.807) is 0 Å². The lowest BCUT2D eigenvalue weighted by Gasteiger charge is -2.50. The van der Waals surface area contributed by atoms with Crippen molar-refractivity contribution in [2.45, 2.75) is 5.41 Å². The van der Waals surface area contributed by atoms with Crippen molar-refractivity contribution in [2.24, 2.45) is 0 Å². The smallest absolute Gasteiger partial charge is 0.180 e. The summed E-state index contributed by atoms with van der Waals surface area (Å²) in [4.78, 5) is 0. The highest BCUT2D eigenvalue weighted by molar-refractivity contribution is 7.85. The van der Waals surface area contributed by atoms with E-state index < -0.39 is 20.6 Å². The van der Waals surface area contributed by atoms with Gasteiger partial charge in [0.15, 0.2) is 15.2 Å². The van der Waals surface area contributed by atoms with Crippen molar-refractivity contribution >= 4 is 73.7 Å². The average Bonchev–Trinajstić information content (AvgIpc) is 3.73. The van der Waals surface area contributed by atoms with Gasteiger partial charge in [-0.05, 0) is 73.3 Å². The lowest BCUT2D eigenvalue weighted by atomic mass is 9.64. The molecule has 0 unspecified atom stereocenters. The summed E-state index contributed by atoms with van der Waals surface area (Å²) in [6.45, 7) is 0. The Labute approximate surface area is 381 Å². The first-order valence-corrected chi connectivity index (χ1v) is 26.1. The van der Waals surface area contributed by atoms with Crippen LogP contribution in [0.15, 0.2) is 267 Å². The first kappa shape index (κ1) is 39.1. The largest absolute Gasteiger partial charge is 0.309 e. The van der Waals surface area contributed by atoms with Gasteiger partial charge < -0.3 is 9.13 Å². The summed E-state index contributed by atoms with van der Waals surface area (Å²) in [7, 11) is -6.19. The van der Waals surface area contributed by atoms with Crippen LogP contribution in [-0.4, -0.2) is 12.6 Å². The van der Waals surface area contributed by atoms with Crippen LogP contribution in [0.4, 0.5) is 0 Å². The van der Waals surface area contributed by atoms with Gasteiger partial charge in [0.2, 0.25) is 0 Å². The van der Waals surface area contributed by atoms with Crippen LogP contribution >= 0.6 is 7.14 Å². The molecule has 12 rings (SSSR count). The van der Waals surface area contributed by atoms with Gasteiger partial charge in [-0.25, -0.2) is 0 Å². The number of aromatic nitrogens is 1. The molecule has 0 saturated carbocycles. The van der Waals surface area contributed by atoms with Gasteiger partial charge in [0.05, 0.1) is 16.4 Å². The Kier molecular flexibility index (Phi) is 9.38. The molecule has 10 aromatic carbocycles. The molecular formula is C61H44NOPSi. The molecule has 0 radical (unpaired) electrons. The minimum atomic E-state index is -3.25. The fourth-order valence-electron chi connectivity index (χ4n) is 11.2. The molecule has 0 bridgehead atoms. The molecule has 2 nitrogen and oxygen atoms in total. The highest BCUT2D eigenvalue weighted by Gasteiger charge is 2.55. The zero-order valence-electron chi connectivity index (χ0n) is 35.7. The molecule has 4 heteroatoms. The van der Waals surface area contributed by atoms with E-state index in [0.29, 0.717) is 0 Å². The quantitative estimate of drug-likeness (QED) is 0.110. The monoisotopic (exact) mass is 865 g/mol. The predicted molar refractivity (Wildman–Crippen MR) is 276 cm³/mol. The molecule has 0 fully saturated rings. The lowest BCUT2D eigenvalue weighted by molar-refractivity contribution is 0.592. The molecule has 0 saturated heterocycles. The molecule has 308 valence electrons. The van der Waals surface area contributed by atoms with Crippen molar-refractivity contribution in [1.82, 2.24) is 4.57 Å². The van der Waals surface area contributed by atoms with E-state index in [1.807, 2.05) is 60.7 Å². The fraction of sp³-hybridized carbons (Fsp3) is 0.0164. The van der Waals surface area contributed by atoms with Crippen LogP contribution in [0.2, 0.25) is 0 Å². The summed E-state index contributed by atoms with van der Waals surface area (Å²) in [5.41, 5.74) is 7.55. The molecule has 2 heterocycles. The summed E-state index contributed by atoms with van der Waals surface area (Å²) in [5.74, 6) is 0. The molecule has 0 atom stereocenters. The van der Waals surface area contributed by atoms with Gasteiger partial charge in [-0.2, -0.15) is 0 Å². The molecule has 1 aliphatic heterocycles. The molecule has 65 heavy (non-hydrogen) atoms. The summed E-state index contributed by atoms with van der Waals surface area (Å²) in [5, 5.41) is 10.3. The number of hydrogen-bond acceptors (Lipinski definition) is 1. The molecule has 1 aliphatic rings. The van der Waals surface area contributed by atoms with Gasteiger partial charge in [0, 0.05) is 32.4 Å². The minimum Gasteiger partial charge on any atom is -0.309 e. The Bertz CT molecular complexity index is 3420. The number of nitrogens with zero attached hydrogens (tertiary/aromatic N) is 1. The van der Waals surface area contributed by atoms with E-state index >= 15 is 4.57 Å². The van der Waals surface area contributed by atoms with Crippen LogP contribution in [0.5, 0.6) is 0 Å². The molecule has 0 N–H and O–H groups in total. The Hall–Kier alpha value is -7.55. The predicted octanol–water partition coefficient (Wildman–Crippen LogP) is 10.5. The van der Waals surface area contributed by atoms with Crippen molar-refractivity contribution in [3.05, 3.63) is 289 Å². The van der Waals surface area contributed by atoms with Gasteiger partial charge in [0.1, 0.15) is 0 Å². The molecule has 0 spiro atoms. The average molecular weight is 866 g/mol. The second kappa shape index (κ2) is 15.6. The Morgan fingerprint density at radius 2 is 0.769 bits per heavy atom. The van der Waals surface area contributed by atoms with Crippen LogP contribution in [0, 0.1) is 0 Å². The van der Waals surface area contributed by atoms with Crippen molar-refractivity contribution < 1.29 is 4.57 Å². The van der Waals surface area contributed by atoms with Crippen molar-refractivity contribution in [3.63, 3.8) is 0 Å². The number of fused-ring (bicyclic) bond motifs is 5. The maximum atomic E-state index is 15.8. The first-order chi connectivity index (χ1) is 32.1. The topological polar surface area (TPSA) is 22.0 Å². The fourth-order valence-corrected chi connectivity index (χ4v) is 19.2. The minimum absolute atomic E-state index is 0.764. The van der Waals surface area contributed by atoms with Crippen LogP contribution in [-0.2, 0) is 9.98 Å².